The number of rotatable bonds is 8. The van der Waals surface area contributed by atoms with Crippen LogP contribution in [0.5, 0.6) is 0 Å². The van der Waals surface area contributed by atoms with Crippen molar-refractivity contribution in [2.24, 2.45) is 22.7 Å². The molecule has 2 saturated carbocycles. The topological polar surface area (TPSA) is 32.7 Å². The summed E-state index contributed by atoms with van der Waals surface area (Å²) >= 11 is 6.32. The molecule has 3 nitrogen and oxygen atoms in total. The highest BCUT2D eigenvalue weighted by atomic mass is 35.5. The van der Waals surface area contributed by atoms with Gasteiger partial charge in [-0.2, -0.15) is 0 Å². The summed E-state index contributed by atoms with van der Waals surface area (Å²) in [7, 11) is 0. The molecule has 0 radical (unpaired) electrons. The van der Waals surface area contributed by atoms with Crippen LogP contribution in [-0.4, -0.2) is 36.2 Å². The molecule has 1 aliphatic heterocycles. The SMILES string of the molecule is CC(=NCCC(=CC1CCC1)c1cc(Cl)ccc1C)C1CCN(CC2CCCCC2)C1=O. The van der Waals surface area contributed by atoms with Gasteiger partial charge in [-0.25, -0.2) is 0 Å². The Labute approximate surface area is 199 Å². The van der Waals surface area contributed by atoms with Gasteiger partial charge in [0.2, 0.25) is 5.91 Å². The predicted octanol–water partition coefficient (Wildman–Crippen LogP) is 7.11. The van der Waals surface area contributed by atoms with E-state index in [-0.39, 0.29) is 5.92 Å². The van der Waals surface area contributed by atoms with E-state index >= 15 is 0 Å². The minimum atomic E-state index is -0.00874. The molecule has 1 atom stereocenters. The van der Waals surface area contributed by atoms with E-state index in [1.54, 1.807) is 0 Å². The van der Waals surface area contributed by atoms with Crippen LogP contribution in [0.1, 0.15) is 82.3 Å². The molecule has 0 aromatic heterocycles. The zero-order valence-electron chi connectivity index (χ0n) is 19.9. The van der Waals surface area contributed by atoms with Gasteiger partial charge in [0.15, 0.2) is 0 Å². The number of carbonyl (C=O) groups excluding carboxylic acids is 1. The molecule has 1 aromatic rings. The third-order valence-corrected chi connectivity index (χ3v) is 8.11. The third kappa shape index (κ3) is 5.84. The molecule has 2 aliphatic carbocycles. The molecule has 3 aliphatic rings. The molecule has 1 unspecified atom stereocenters. The normalized spacial score (nSPS) is 23.7. The maximum Gasteiger partial charge on any atom is 0.231 e. The summed E-state index contributed by atoms with van der Waals surface area (Å²) in [6.45, 7) is 6.83. The molecule has 0 bridgehead atoms. The Morgan fingerprint density at radius 3 is 2.62 bits per heavy atom. The predicted molar refractivity (Wildman–Crippen MR) is 135 cm³/mol. The van der Waals surface area contributed by atoms with Gasteiger partial charge in [-0.1, -0.05) is 49.4 Å². The lowest BCUT2D eigenvalue weighted by Gasteiger charge is -2.27. The largest absolute Gasteiger partial charge is 0.342 e. The van der Waals surface area contributed by atoms with E-state index in [9.17, 15) is 4.79 Å². The zero-order valence-corrected chi connectivity index (χ0v) is 20.7. The fraction of sp³-hybridized carbons (Fsp3) is 0.643. The van der Waals surface area contributed by atoms with Crippen LogP contribution in [0.15, 0.2) is 29.3 Å². The minimum Gasteiger partial charge on any atom is -0.342 e. The number of allylic oxidation sites excluding steroid dienone is 1. The fourth-order valence-corrected chi connectivity index (χ4v) is 5.76. The van der Waals surface area contributed by atoms with E-state index in [0.29, 0.717) is 17.7 Å². The molecule has 1 heterocycles. The van der Waals surface area contributed by atoms with E-state index < -0.39 is 0 Å². The van der Waals surface area contributed by atoms with Crippen molar-refractivity contribution in [2.75, 3.05) is 19.6 Å². The summed E-state index contributed by atoms with van der Waals surface area (Å²) < 4.78 is 0. The van der Waals surface area contributed by atoms with Gasteiger partial charge in [0.05, 0.1) is 5.92 Å². The average Bonchev–Trinajstić information content (AvgIpc) is 3.12. The summed E-state index contributed by atoms with van der Waals surface area (Å²) in [5.74, 6) is 1.71. The van der Waals surface area contributed by atoms with Gasteiger partial charge in [-0.3, -0.25) is 9.79 Å². The molecule has 0 N–H and O–H groups in total. The number of aliphatic imine (C=N–C) groups is 1. The summed E-state index contributed by atoms with van der Waals surface area (Å²) in [4.78, 5) is 20.1. The first kappa shape index (κ1) is 23.5. The van der Waals surface area contributed by atoms with Gasteiger partial charge in [-0.15, -0.1) is 0 Å². The number of hydrogen-bond acceptors (Lipinski definition) is 2. The van der Waals surface area contributed by atoms with Crippen LogP contribution >= 0.6 is 11.6 Å². The van der Waals surface area contributed by atoms with E-state index in [1.807, 2.05) is 6.07 Å². The Kier molecular flexibility index (Phi) is 8.10. The molecule has 0 spiro atoms. The van der Waals surface area contributed by atoms with Gasteiger partial charge in [0.25, 0.3) is 0 Å². The molecule has 1 aromatic carbocycles. The lowest BCUT2D eigenvalue weighted by atomic mass is 9.82. The van der Waals surface area contributed by atoms with Gasteiger partial charge in [0.1, 0.15) is 0 Å². The van der Waals surface area contributed by atoms with E-state index in [1.165, 1.54) is 68.1 Å². The number of hydrogen-bond donors (Lipinski definition) is 0. The highest BCUT2D eigenvalue weighted by molar-refractivity contribution is 6.30. The molecule has 3 fully saturated rings. The van der Waals surface area contributed by atoms with Crippen molar-refractivity contribution in [3.8, 4) is 0 Å². The lowest BCUT2D eigenvalue weighted by Crippen LogP contribution is -2.34. The van der Waals surface area contributed by atoms with Crippen LogP contribution < -0.4 is 0 Å². The van der Waals surface area contributed by atoms with Crippen molar-refractivity contribution in [3.05, 3.63) is 40.4 Å². The van der Waals surface area contributed by atoms with Gasteiger partial charge in [0, 0.05) is 30.4 Å². The van der Waals surface area contributed by atoms with Crippen LogP contribution in [-0.2, 0) is 4.79 Å². The summed E-state index contributed by atoms with van der Waals surface area (Å²) in [5.41, 5.74) is 4.91. The smallest absolute Gasteiger partial charge is 0.231 e. The first-order chi connectivity index (χ1) is 15.5. The summed E-state index contributed by atoms with van der Waals surface area (Å²) in [6, 6.07) is 6.18. The minimum absolute atomic E-state index is 0.00874. The second kappa shape index (κ2) is 11.0. The zero-order chi connectivity index (χ0) is 22.5. The Balaban J connectivity index is 1.37. The maximum absolute atomic E-state index is 13.0. The number of carbonyl (C=O) groups is 1. The monoisotopic (exact) mass is 454 g/mol. The van der Waals surface area contributed by atoms with Crippen molar-refractivity contribution < 1.29 is 4.79 Å². The quantitative estimate of drug-likeness (QED) is 0.385. The molecule has 1 amide bonds. The molecule has 1 saturated heterocycles. The van der Waals surface area contributed by atoms with Crippen molar-refractivity contribution in [1.82, 2.24) is 4.90 Å². The highest BCUT2D eigenvalue weighted by Crippen LogP contribution is 2.34. The molecule has 4 rings (SSSR count). The van der Waals surface area contributed by atoms with E-state index in [4.69, 9.17) is 16.6 Å². The molecule has 32 heavy (non-hydrogen) atoms. The third-order valence-electron chi connectivity index (χ3n) is 7.88. The fourth-order valence-electron chi connectivity index (χ4n) is 5.59. The number of amides is 1. The number of aryl methyl sites for hydroxylation is 1. The number of nitrogens with zero attached hydrogens (tertiary/aromatic N) is 2. The first-order valence-corrected chi connectivity index (χ1v) is 13.2. The standard InChI is InChI=1S/C28H39ClN2O/c1-20-11-12-25(29)18-27(20)24(17-22-9-6-10-22)13-15-30-21(2)26-14-16-31(28(26)32)19-23-7-4-3-5-8-23/h11-12,17-18,22-23,26H,3-10,13-16,19H2,1-2H3. The van der Waals surface area contributed by atoms with Crippen molar-refractivity contribution in [1.29, 1.82) is 0 Å². The van der Waals surface area contributed by atoms with E-state index in [0.717, 1.165) is 43.2 Å². The van der Waals surface area contributed by atoms with Crippen LogP contribution in [0.4, 0.5) is 0 Å². The van der Waals surface area contributed by atoms with Gasteiger partial charge >= 0.3 is 0 Å². The first-order valence-electron chi connectivity index (χ1n) is 12.8. The maximum atomic E-state index is 13.0. The number of halogens is 1. The van der Waals surface area contributed by atoms with Crippen molar-refractivity contribution in [2.45, 2.75) is 78.1 Å². The van der Waals surface area contributed by atoms with Crippen LogP contribution in [0.3, 0.4) is 0 Å². The van der Waals surface area contributed by atoms with Gasteiger partial charge in [-0.05, 0) is 93.0 Å². The second-order valence-corrected chi connectivity index (χ2v) is 10.7. The Hall–Kier alpha value is -1.61. The van der Waals surface area contributed by atoms with Gasteiger partial charge < -0.3 is 4.90 Å². The molecule has 4 heteroatoms. The molecular formula is C28H39ClN2O. The Bertz CT molecular complexity index is 864. The highest BCUT2D eigenvalue weighted by Gasteiger charge is 2.34. The van der Waals surface area contributed by atoms with E-state index in [2.05, 4.69) is 37.0 Å². The molecule has 174 valence electrons. The Morgan fingerprint density at radius 1 is 1.12 bits per heavy atom. The Morgan fingerprint density at radius 2 is 1.91 bits per heavy atom. The van der Waals surface area contributed by atoms with Crippen molar-refractivity contribution in [3.63, 3.8) is 0 Å². The summed E-state index contributed by atoms with van der Waals surface area (Å²) in [6.07, 6.45) is 14.8. The van der Waals surface area contributed by atoms with Crippen LogP contribution in [0.2, 0.25) is 5.02 Å². The lowest BCUT2D eigenvalue weighted by molar-refractivity contribution is -0.130. The number of benzene rings is 1. The average molecular weight is 455 g/mol. The second-order valence-electron chi connectivity index (χ2n) is 10.2. The molecular weight excluding hydrogens is 416 g/mol. The van der Waals surface area contributed by atoms with Crippen LogP contribution in [0.25, 0.3) is 5.57 Å². The van der Waals surface area contributed by atoms with Crippen molar-refractivity contribution >= 4 is 28.8 Å². The number of likely N-dealkylation sites (tertiary alicyclic amines) is 1. The summed E-state index contributed by atoms with van der Waals surface area (Å²) in [5, 5.41) is 0.791. The van der Waals surface area contributed by atoms with Crippen LogP contribution in [0, 0.1) is 24.7 Å².